The zero-order valence-corrected chi connectivity index (χ0v) is 21.1. The first-order valence-electron chi connectivity index (χ1n) is 13.1. The van der Waals surface area contributed by atoms with Crippen molar-refractivity contribution in [3.63, 3.8) is 0 Å². The molecular weight excluding hydrogens is 466 g/mol. The summed E-state index contributed by atoms with van der Waals surface area (Å²) >= 11 is 0. The van der Waals surface area contributed by atoms with Gasteiger partial charge in [-0.3, -0.25) is 5.84 Å². The average Bonchev–Trinajstić information content (AvgIpc) is 3.59. The summed E-state index contributed by atoms with van der Waals surface area (Å²) in [6.45, 7) is 2.18. The van der Waals surface area contributed by atoms with Crippen LogP contribution in [0.3, 0.4) is 0 Å². The Balaban J connectivity index is 1.42. The van der Waals surface area contributed by atoms with Gasteiger partial charge in [0.15, 0.2) is 0 Å². The van der Waals surface area contributed by atoms with Crippen LogP contribution in [0.4, 0.5) is 0 Å². The fourth-order valence-electron chi connectivity index (χ4n) is 5.63. The van der Waals surface area contributed by atoms with Gasteiger partial charge in [0, 0.05) is 23.7 Å². The number of allylic oxidation sites excluding steroid dienone is 1. The van der Waals surface area contributed by atoms with E-state index in [0.717, 1.165) is 29.0 Å². The Bertz CT molecular complexity index is 1290. The smallest absolute Gasteiger partial charge is 0.339 e. The Morgan fingerprint density at radius 2 is 1.89 bits per heavy atom. The van der Waals surface area contributed by atoms with Crippen molar-refractivity contribution in [1.82, 2.24) is 15.2 Å². The predicted octanol–water partition coefficient (Wildman–Crippen LogP) is 4.95. The molecule has 2 aliphatic rings. The molecule has 3 aromatic rings. The zero-order valence-electron chi connectivity index (χ0n) is 21.1. The summed E-state index contributed by atoms with van der Waals surface area (Å²) in [5.74, 6) is 5.83. The van der Waals surface area contributed by atoms with E-state index in [1.807, 2.05) is 36.4 Å². The van der Waals surface area contributed by atoms with E-state index in [4.69, 9.17) is 16.3 Å². The second-order valence-corrected chi connectivity index (χ2v) is 10.2. The van der Waals surface area contributed by atoms with Gasteiger partial charge in [-0.1, -0.05) is 43.5 Å². The number of hydrogen-bond acceptors (Lipinski definition) is 6. The Morgan fingerprint density at radius 3 is 2.62 bits per heavy atom. The normalized spacial score (nSPS) is 20.9. The van der Waals surface area contributed by atoms with Gasteiger partial charge in [-0.25, -0.2) is 9.48 Å². The van der Waals surface area contributed by atoms with Crippen LogP contribution < -0.4 is 21.7 Å². The van der Waals surface area contributed by atoms with E-state index >= 15 is 0 Å². The zero-order chi connectivity index (χ0) is 25.9. The summed E-state index contributed by atoms with van der Waals surface area (Å²) in [7, 11) is 0. The molecule has 0 bridgehead atoms. The van der Waals surface area contributed by atoms with Crippen molar-refractivity contribution in [2.75, 3.05) is 0 Å². The molecule has 37 heavy (non-hydrogen) atoms. The van der Waals surface area contributed by atoms with Gasteiger partial charge in [-0.15, -0.1) is 0 Å². The molecule has 0 amide bonds. The quantitative estimate of drug-likeness (QED) is 0.241. The molecule has 2 aromatic carbocycles. The molecule has 0 aliphatic heterocycles. The summed E-state index contributed by atoms with van der Waals surface area (Å²) in [5, 5.41) is 14.3. The van der Waals surface area contributed by atoms with Gasteiger partial charge in [0.25, 0.3) is 0 Å². The number of nitrogens with two attached hydrogens (primary N) is 2. The third-order valence-electron chi connectivity index (χ3n) is 7.75. The number of benzene rings is 2. The molecule has 3 atom stereocenters. The maximum atomic E-state index is 12.0. The third-order valence-corrected chi connectivity index (χ3v) is 7.75. The Labute approximate surface area is 217 Å². The molecule has 6 N–H and O–H groups in total. The second-order valence-electron chi connectivity index (χ2n) is 10.2. The van der Waals surface area contributed by atoms with Crippen LogP contribution in [0.5, 0.6) is 5.75 Å². The van der Waals surface area contributed by atoms with Gasteiger partial charge in [0.05, 0.1) is 23.7 Å². The number of hydrazine groups is 1. The standard InChI is InChI=1S/C29H35N5O3/c1-18(19-7-3-2-4-8-19)37-23-12-6-10-21(14-23)20-9-5-11-22(13-20)34-28(26(16-33-34)29(35)36)25-15-24(25)27(30)17-32-31/h5-6,9-14,16-19,24-25,32H,2-4,7-8,15,30-31H2,1H3,(H,35,36)/b27-17-/t18?,24?,25-/m1/s1. The maximum Gasteiger partial charge on any atom is 0.339 e. The van der Waals surface area contributed by atoms with E-state index in [0.29, 0.717) is 17.3 Å². The van der Waals surface area contributed by atoms with E-state index in [1.54, 1.807) is 10.9 Å². The highest BCUT2D eigenvalue weighted by Gasteiger charge is 2.45. The van der Waals surface area contributed by atoms with Crippen molar-refractivity contribution >= 4 is 5.97 Å². The number of nitrogens with zero attached hydrogens (tertiary/aromatic N) is 2. The summed E-state index contributed by atoms with van der Waals surface area (Å²) in [4.78, 5) is 12.0. The van der Waals surface area contributed by atoms with Gasteiger partial charge in [0.1, 0.15) is 11.3 Å². The fourth-order valence-corrected chi connectivity index (χ4v) is 5.63. The number of carboxylic acids is 1. The second kappa shape index (κ2) is 10.7. The van der Waals surface area contributed by atoms with Crippen molar-refractivity contribution in [2.45, 2.75) is 57.5 Å². The summed E-state index contributed by atoms with van der Waals surface area (Å²) in [6, 6.07) is 16.1. The fraction of sp³-hybridized carbons (Fsp3) is 0.379. The number of carbonyl (C=O) groups is 1. The van der Waals surface area contributed by atoms with E-state index in [2.05, 4.69) is 29.6 Å². The van der Waals surface area contributed by atoms with Crippen molar-refractivity contribution in [3.05, 3.63) is 77.9 Å². The largest absolute Gasteiger partial charge is 0.490 e. The molecule has 8 nitrogen and oxygen atoms in total. The van der Waals surface area contributed by atoms with E-state index in [9.17, 15) is 9.90 Å². The van der Waals surface area contributed by atoms with Gasteiger partial charge in [-0.05, 0) is 67.5 Å². The molecule has 1 aromatic heterocycles. The maximum absolute atomic E-state index is 12.0. The first-order valence-corrected chi connectivity index (χ1v) is 13.1. The van der Waals surface area contributed by atoms with Gasteiger partial charge < -0.3 is 21.0 Å². The molecule has 8 heteroatoms. The molecular formula is C29H35N5O3. The molecule has 0 radical (unpaired) electrons. The van der Waals surface area contributed by atoms with Crippen LogP contribution in [0.2, 0.25) is 0 Å². The third kappa shape index (κ3) is 5.34. The highest BCUT2D eigenvalue weighted by molar-refractivity contribution is 5.89. The molecule has 2 aliphatic carbocycles. The number of aromatic carboxylic acids is 1. The Morgan fingerprint density at radius 1 is 1.16 bits per heavy atom. The van der Waals surface area contributed by atoms with Gasteiger partial charge in [-0.2, -0.15) is 5.10 Å². The van der Waals surface area contributed by atoms with Crippen LogP contribution in [0.1, 0.15) is 67.4 Å². The summed E-state index contributed by atoms with van der Waals surface area (Å²) in [6.07, 6.45) is 10.3. The number of aromatic nitrogens is 2. The minimum atomic E-state index is -1.00. The minimum Gasteiger partial charge on any atom is -0.490 e. The molecule has 2 unspecified atom stereocenters. The lowest BCUT2D eigenvalue weighted by atomic mass is 9.86. The topological polar surface area (TPSA) is 128 Å². The monoisotopic (exact) mass is 501 g/mol. The number of carboxylic acid groups (broad SMARTS) is 1. The van der Waals surface area contributed by atoms with Crippen molar-refractivity contribution in [2.24, 2.45) is 23.4 Å². The van der Waals surface area contributed by atoms with Crippen LogP contribution >= 0.6 is 0 Å². The highest BCUT2D eigenvalue weighted by atomic mass is 16.5. The molecule has 2 fully saturated rings. The van der Waals surface area contributed by atoms with Gasteiger partial charge in [0.2, 0.25) is 0 Å². The van der Waals surface area contributed by atoms with Crippen molar-refractivity contribution in [3.8, 4) is 22.6 Å². The van der Waals surface area contributed by atoms with Crippen molar-refractivity contribution in [1.29, 1.82) is 0 Å². The average molecular weight is 502 g/mol. The Hall–Kier alpha value is -3.78. The van der Waals surface area contributed by atoms with Gasteiger partial charge >= 0.3 is 5.97 Å². The summed E-state index contributed by atoms with van der Waals surface area (Å²) in [5.41, 5.74) is 12.9. The summed E-state index contributed by atoms with van der Waals surface area (Å²) < 4.78 is 8.09. The van der Waals surface area contributed by atoms with E-state index in [-0.39, 0.29) is 23.5 Å². The molecule has 194 valence electrons. The van der Waals surface area contributed by atoms with E-state index < -0.39 is 5.97 Å². The number of nitrogens with one attached hydrogen (secondary N) is 1. The number of hydrogen-bond donors (Lipinski definition) is 4. The molecule has 0 saturated heterocycles. The predicted molar refractivity (Wildman–Crippen MR) is 143 cm³/mol. The highest BCUT2D eigenvalue weighted by Crippen LogP contribution is 2.51. The number of rotatable bonds is 9. The Kier molecular flexibility index (Phi) is 7.19. The lowest BCUT2D eigenvalue weighted by molar-refractivity contribution is 0.0695. The van der Waals surface area contributed by atoms with Crippen LogP contribution in [-0.2, 0) is 0 Å². The number of ether oxygens (including phenoxy) is 1. The SMILES string of the molecule is CC(Oc1cccc(-c2cccc(-n3ncc(C(=O)O)c3[C@@H]3CC3/C(N)=C/NN)c2)c1)C1CCCCC1. The minimum absolute atomic E-state index is 0.0211. The lowest BCUT2D eigenvalue weighted by Gasteiger charge is -2.28. The molecule has 2 saturated carbocycles. The van der Waals surface area contributed by atoms with Crippen LogP contribution in [0.25, 0.3) is 16.8 Å². The molecule has 0 spiro atoms. The first kappa shape index (κ1) is 24.9. The van der Waals surface area contributed by atoms with Crippen LogP contribution in [0, 0.1) is 11.8 Å². The van der Waals surface area contributed by atoms with E-state index in [1.165, 1.54) is 38.3 Å². The first-order chi connectivity index (χ1) is 18.0. The molecule has 1 heterocycles. The van der Waals surface area contributed by atoms with Crippen LogP contribution in [-0.4, -0.2) is 27.0 Å². The lowest BCUT2D eigenvalue weighted by Crippen LogP contribution is -2.25. The van der Waals surface area contributed by atoms with Crippen molar-refractivity contribution < 1.29 is 14.6 Å². The molecule has 5 rings (SSSR count). The van der Waals surface area contributed by atoms with Crippen LogP contribution in [0.15, 0.2) is 66.6 Å².